The van der Waals surface area contributed by atoms with E-state index in [-0.39, 0.29) is 0 Å². The molecule has 0 saturated heterocycles. The second-order valence-electron chi connectivity index (χ2n) is 2.27. The second kappa shape index (κ2) is 8.97. The SMILES string of the molecule is ClC(Cl)c1ccccc1.O=[P+](O)O[P+](=O)O. The van der Waals surface area contributed by atoms with Gasteiger partial charge in [0, 0.05) is 9.13 Å². The monoisotopic (exact) mass is 304 g/mol. The normalized spacial score (nSPS) is 11.6. The predicted molar refractivity (Wildman–Crippen MR) is 61.6 cm³/mol. The summed E-state index contributed by atoms with van der Waals surface area (Å²) in [5, 5.41) is 0. The van der Waals surface area contributed by atoms with Crippen molar-refractivity contribution in [2.24, 2.45) is 0 Å². The molecule has 2 N–H and O–H groups in total. The maximum absolute atomic E-state index is 9.39. The largest absolute Gasteiger partial charge is 0.745 e. The van der Waals surface area contributed by atoms with E-state index in [4.69, 9.17) is 33.0 Å². The van der Waals surface area contributed by atoms with Gasteiger partial charge in [0.15, 0.2) is 4.31 Å². The molecule has 16 heavy (non-hydrogen) atoms. The van der Waals surface area contributed by atoms with Crippen LogP contribution in [-0.4, -0.2) is 9.79 Å². The van der Waals surface area contributed by atoms with Gasteiger partial charge >= 0.3 is 16.5 Å². The Balaban J connectivity index is 0.000000293. The van der Waals surface area contributed by atoms with Crippen molar-refractivity contribution in [2.75, 3.05) is 0 Å². The van der Waals surface area contributed by atoms with E-state index < -0.39 is 21.3 Å². The maximum Gasteiger partial charge on any atom is 0.745 e. The minimum absolute atomic E-state index is 0.397. The topological polar surface area (TPSA) is 83.8 Å². The Labute approximate surface area is 104 Å². The fraction of sp³-hybridized carbons (Fsp3) is 0.143. The lowest BCUT2D eigenvalue weighted by molar-refractivity contribution is 0.371. The smallest absolute Gasteiger partial charge is 0.131 e. The molecule has 0 amide bonds. The highest BCUT2D eigenvalue weighted by Gasteiger charge is 2.31. The van der Waals surface area contributed by atoms with E-state index in [0.717, 1.165) is 5.56 Å². The first-order chi connectivity index (χ1) is 7.43. The number of hydrogen-bond donors (Lipinski definition) is 2. The summed E-state index contributed by atoms with van der Waals surface area (Å²) in [5.74, 6) is 0. The van der Waals surface area contributed by atoms with Crippen molar-refractivity contribution < 1.29 is 23.2 Å². The quantitative estimate of drug-likeness (QED) is 0.660. The Morgan fingerprint density at radius 2 is 1.50 bits per heavy atom. The van der Waals surface area contributed by atoms with Crippen LogP contribution in [0, 0.1) is 0 Å². The van der Waals surface area contributed by atoms with Crippen LogP contribution in [-0.2, 0) is 13.4 Å². The van der Waals surface area contributed by atoms with Crippen LogP contribution in [0.2, 0.25) is 0 Å². The Morgan fingerprint density at radius 1 is 1.06 bits per heavy atom. The summed E-state index contributed by atoms with van der Waals surface area (Å²) in [6.07, 6.45) is 0. The van der Waals surface area contributed by atoms with Crippen LogP contribution in [0.15, 0.2) is 30.3 Å². The first kappa shape index (κ1) is 15.9. The molecule has 5 nitrogen and oxygen atoms in total. The number of rotatable bonds is 3. The van der Waals surface area contributed by atoms with Crippen LogP contribution in [0.4, 0.5) is 0 Å². The van der Waals surface area contributed by atoms with Crippen molar-refractivity contribution in [3.8, 4) is 0 Å². The van der Waals surface area contributed by atoms with Crippen molar-refractivity contribution in [2.45, 2.75) is 4.84 Å². The van der Waals surface area contributed by atoms with E-state index >= 15 is 0 Å². The zero-order valence-corrected chi connectivity index (χ0v) is 11.0. The lowest BCUT2D eigenvalue weighted by Crippen LogP contribution is -1.76. The van der Waals surface area contributed by atoms with Crippen molar-refractivity contribution in [3.05, 3.63) is 35.9 Å². The molecule has 88 valence electrons. The molecule has 9 heteroatoms. The van der Waals surface area contributed by atoms with Gasteiger partial charge in [-0.05, 0) is 5.56 Å². The van der Waals surface area contributed by atoms with Gasteiger partial charge in [0.25, 0.3) is 0 Å². The molecule has 1 rings (SSSR count). The molecule has 0 aliphatic rings. The summed E-state index contributed by atoms with van der Waals surface area (Å²) in [4.78, 5) is 14.9. The summed E-state index contributed by atoms with van der Waals surface area (Å²) in [6.45, 7) is 0. The number of halogens is 2. The molecule has 0 saturated carbocycles. The average Bonchev–Trinajstić information content (AvgIpc) is 2.17. The van der Waals surface area contributed by atoms with Crippen LogP contribution >= 0.6 is 39.7 Å². The van der Waals surface area contributed by atoms with Gasteiger partial charge in [0.2, 0.25) is 0 Å². The van der Waals surface area contributed by atoms with E-state index in [2.05, 4.69) is 4.31 Å². The fourth-order valence-electron chi connectivity index (χ4n) is 0.658. The van der Waals surface area contributed by atoms with Gasteiger partial charge < -0.3 is 0 Å². The molecule has 2 unspecified atom stereocenters. The van der Waals surface area contributed by atoms with Crippen LogP contribution in [0.25, 0.3) is 0 Å². The van der Waals surface area contributed by atoms with Crippen molar-refractivity contribution in [1.82, 2.24) is 0 Å². The molecule has 0 radical (unpaired) electrons. The first-order valence-corrected chi connectivity index (χ1v) is 6.90. The number of alkyl halides is 2. The van der Waals surface area contributed by atoms with Crippen LogP contribution in [0.5, 0.6) is 0 Å². The van der Waals surface area contributed by atoms with E-state index in [9.17, 15) is 9.13 Å². The lowest BCUT2D eigenvalue weighted by Gasteiger charge is -1.97. The first-order valence-electron chi connectivity index (χ1n) is 3.77. The summed E-state index contributed by atoms with van der Waals surface area (Å²) in [7, 11) is -5.85. The molecule has 0 aliphatic heterocycles. The highest BCUT2D eigenvalue weighted by atomic mass is 35.5. The summed E-state index contributed by atoms with van der Waals surface area (Å²) < 4.78 is 22.2. The third-order valence-electron chi connectivity index (χ3n) is 1.19. The Hall–Kier alpha value is -0.120. The summed E-state index contributed by atoms with van der Waals surface area (Å²) >= 11 is 11.1. The second-order valence-corrected chi connectivity index (χ2v) is 4.97. The summed E-state index contributed by atoms with van der Waals surface area (Å²) in [5.41, 5.74) is 0.945. The van der Waals surface area contributed by atoms with Gasteiger partial charge in [-0.15, -0.1) is 33.0 Å². The van der Waals surface area contributed by atoms with E-state index in [1.807, 2.05) is 30.3 Å². The molecule has 0 aromatic heterocycles. The number of hydrogen-bond acceptors (Lipinski definition) is 3. The number of benzene rings is 1. The molecule has 0 heterocycles. The van der Waals surface area contributed by atoms with E-state index in [1.165, 1.54) is 0 Å². The molecule has 1 aromatic carbocycles. The molecule has 0 bridgehead atoms. The van der Waals surface area contributed by atoms with Gasteiger partial charge in [0.1, 0.15) is 4.84 Å². The van der Waals surface area contributed by atoms with Gasteiger partial charge in [0.05, 0.1) is 0 Å². The third kappa shape index (κ3) is 9.13. The standard InChI is InChI=1S/C7H6Cl2.O5P2/c8-7(9)6-4-2-1-3-5-6;1-6(2)5-7(3)4/h1-5,7H;/p+2. The molecule has 0 aliphatic carbocycles. The van der Waals surface area contributed by atoms with E-state index in [1.54, 1.807) is 0 Å². The van der Waals surface area contributed by atoms with E-state index in [0.29, 0.717) is 0 Å². The zero-order chi connectivity index (χ0) is 12.6. The van der Waals surface area contributed by atoms with Crippen LogP contribution in [0.1, 0.15) is 10.4 Å². The van der Waals surface area contributed by atoms with Crippen molar-refractivity contribution in [1.29, 1.82) is 0 Å². The Bertz CT molecular complexity index is 334. The highest BCUT2D eigenvalue weighted by Crippen LogP contribution is 2.30. The average molecular weight is 305 g/mol. The lowest BCUT2D eigenvalue weighted by atomic mass is 10.2. The molecular weight excluding hydrogens is 297 g/mol. The summed E-state index contributed by atoms with van der Waals surface area (Å²) in [6, 6.07) is 9.54. The minimum Gasteiger partial charge on any atom is -0.131 e. The van der Waals surface area contributed by atoms with Crippen molar-refractivity contribution in [3.63, 3.8) is 0 Å². The van der Waals surface area contributed by atoms with Crippen molar-refractivity contribution >= 4 is 39.7 Å². The zero-order valence-electron chi connectivity index (χ0n) is 7.73. The predicted octanol–water partition coefficient (Wildman–Crippen LogP) is 3.47. The molecule has 2 atom stereocenters. The molecule has 0 spiro atoms. The fourth-order valence-corrected chi connectivity index (χ4v) is 1.43. The van der Waals surface area contributed by atoms with Gasteiger partial charge in [-0.2, -0.15) is 0 Å². The van der Waals surface area contributed by atoms with Crippen LogP contribution in [0.3, 0.4) is 0 Å². The Morgan fingerprint density at radius 3 is 1.69 bits per heavy atom. The molecular formula is C7H8Cl2O5P2+2. The minimum atomic E-state index is -2.92. The van der Waals surface area contributed by atoms with Gasteiger partial charge in [-0.3, -0.25) is 0 Å². The highest BCUT2D eigenvalue weighted by molar-refractivity contribution is 7.46. The van der Waals surface area contributed by atoms with Gasteiger partial charge in [-0.1, -0.05) is 30.3 Å². The maximum atomic E-state index is 9.39. The molecule has 0 fully saturated rings. The molecule has 1 aromatic rings. The van der Waals surface area contributed by atoms with Gasteiger partial charge in [-0.25, -0.2) is 0 Å². The van der Waals surface area contributed by atoms with Crippen LogP contribution < -0.4 is 0 Å². The Kier molecular flexibility index (Phi) is 8.90. The third-order valence-corrected chi connectivity index (χ3v) is 2.81.